The topological polar surface area (TPSA) is 72.9 Å². The highest BCUT2D eigenvalue weighted by Gasteiger charge is 2.18. The first-order valence-electron chi connectivity index (χ1n) is 5.79. The average Bonchev–Trinajstić information content (AvgIpc) is 2.75. The maximum absolute atomic E-state index is 10.8. The van der Waals surface area contributed by atoms with Crippen LogP contribution in [0.5, 0.6) is 0 Å². The highest BCUT2D eigenvalue weighted by Crippen LogP contribution is 2.22. The summed E-state index contributed by atoms with van der Waals surface area (Å²) in [5, 5.41) is 3.47. The fraction of sp³-hybridized carbons (Fsp3) is 0.636. The van der Waals surface area contributed by atoms with Crippen molar-refractivity contribution >= 4 is 5.91 Å². The number of nitrogens with two attached hydrogens (primary N) is 1. The van der Waals surface area contributed by atoms with Gasteiger partial charge in [-0.05, 0) is 19.4 Å². The summed E-state index contributed by atoms with van der Waals surface area (Å²) in [4.78, 5) is 14.9. The predicted octanol–water partition coefficient (Wildman–Crippen LogP) is 0.573. The van der Waals surface area contributed by atoms with Crippen molar-refractivity contribution in [3.05, 3.63) is 18.2 Å². The van der Waals surface area contributed by atoms with Gasteiger partial charge in [0, 0.05) is 25.2 Å². The van der Waals surface area contributed by atoms with Crippen LogP contribution in [-0.2, 0) is 11.3 Å². The Morgan fingerprint density at radius 1 is 1.62 bits per heavy atom. The minimum absolute atomic E-state index is 0.267. The van der Waals surface area contributed by atoms with Crippen LogP contribution < -0.4 is 11.1 Å². The summed E-state index contributed by atoms with van der Waals surface area (Å²) in [6.07, 6.45) is 7.65. The number of aromatic nitrogens is 2. The number of amides is 1. The fourth-order valence-corrected chi connectivity index (χ4v) is 2.14. The third kappa shape index (κ3) is 2.61. The van der Waals surface area contributed by atoms with E-state index >= 15 is 0 Å². The smallest absolute Gasteiger partial charge is 0.219 e. The Kier molecular flexibility index (Phi) is 3.56. The van der Waals surface area contributed by atoms with Crippen LogP contribution in [0.2, 0.25) is 0 Å². The summed E-state index contributed by atoms with van der Waals surface area (Å²) < 4.78 is 2.02. The fourth-order valence-electron chi connectivity index (χ4n) is 2.14. The molecule has 1 aliphatic rings. The zero-order valence-electron chi connectivity index (χ0n) is 9.35. The summed E-state index contributed by atoms with van der Waals surface area (Å²) in [5.41, 5.74) is 6.32. The van der Waals surface area contributed by atoms with Crippen LogP contribution in [0.3, 0.4) is 0 Å². The lowest BCUT2D eigenvalue weighted by atomic mass is 10.0. The molecule has 0 aliphatic carbocycles. The van der Waals surface area contributed by atoms with Crippen LogP contribution in [0.1, 0.15) is 37.4 Å². The molecule has 3 N–H and O–H groups in total. The molecule has 1 aromatic rings. The van der Waals surface area contributed by atoms with Gasteiger partial charge in [-0.3, -0.25) is 4.79 Å². The number of imidazole rings is 1. The third-order valence-electron chi connectivity index (χ3n) is 3.01. The van der Waals surface area contributed by atoms with Crippen molar-refractivity contribution in [2.75, 3.05) is 6.54 Å². The zero-order chi connectivity index (χ0) is 11.4. The average molecular weight is 222 g/mol. The minimum Gasteiger partial charge on any atom is -0.370 e. The first kappa shape index (κ1) is 11.1. The van der Waals surface area contributed by atoms with E-state index in [4.69, 9.17) is 5.73 Å². The van der Waals surface area contributed by atoms with E-state index in [0.29, 0.717) is 19.0 Å². The molecule has 1 saturated heterocycles. The maximum Gasteiger partial charge on any atom is 0.219 e. The molecule has 5 heteroatoms. The molecule has 0 spiro atoms. The molecule has 1 fully saturated rings. The second-order valence-electron chi connectivity index (χ2n) is 4.23. The first-order chi connectivity index (χ1) is 7.77. The van der Waals surface area contributed by atoms with Crippen molar-refractivity contribution < 1.29 is 4.79 Å². The zero-order valence-corrected chi connectivity index (χ0v) is 9.35. The largest absolute Gasteiger partial charge is 0.370 e. The lowest BCUT2D eigenvalue weighted by molar-refractivity contribution is -0.118. The molecule has 1 aromatic heterocycles. The number of carbonyl (C=O) groups is 1. The van der Waals surface area contributed by atoms with E-state index in [1.807, 2.05) is 10.8 Å². The third-order valence-corrected chi connectivity index (χ3v) is 3.01. The van der Waals surface area contributed by atoms with E-state index in [1.165, 1.54) is 18.5 Å². The summed E-state index contributed by atoms with van der Waals surface area (Å²) in [6, 6.07) is 0.379. The molecule has 0 radical (unpaired) electrons. The number of carbonyl (C=O) groups excluding carboxylic acids is 1. The Balaban J connectivity index is 2.02. The molecule has 0 aromatic carbocycles. The van der Waals surface area contributed by atoms with Gasteiger partial charge in [-0.1, -0.05) is 6.42 Å². The molecule has 1 unspecified atom stereocenters. The molecule has 0 saturated carbocycles. The number of nitrogens with zero attached hydrogens (tertiary/aromatic N) is 2. The van der Waals surface area contributed by atoms with Crippen LogP contribution in [0.15, 0.2) is 12.5 Å². The Bertz CT molecular complexity index is 355. The van der Waals surface area contributed by atoms with Crippen LogP contribution in [-0.4, -0.2) is 22.0 Å². The second kappa shape index (κ2) is 5.12. The Morgan fingerprint density at radius 2 is 2.50 bits per heavy atom. The van der Waals surface area contributed by atoms with Gasteiger partial charge in [-0.2, -0.15) is 0 Å². The highest BCUT2D eigenvalue weighted by molar-refractivity contribution is 5.73. The van der Waals surface area contributed by atoms with Gasteiger partial charge in [0.1, 0.15) is 0 Å². The minimum atomic E-state index is -0.267. The molecule has 2 heterocycles. The number of hydrogen-bond acceptors (Lipinski definition) is 3. The van der Waals surface area contributed by atoms with Crippen molar-refractivity contribution in [3.63, 3.8) is 0 Å². The normalized spacial score (nSPS) is 20.9. The van der Waals surface area contributed by atoms with Gasteiger partial charge in [0.05, 0.1) is 12.0 Å². The molecular weight excluding hydrogens is 204 g/mol. The summed E-state index contributed by atoms with van der Waals surface area (Å²) in [5.74, 6) is -0.267. The first-order valence-corrected chi connectivity index (χ1v) is 5.79. The van der Waals surface area contributed by atoms with E-state index in [0.717, 1.165) is 13.0 Å². The van der Waals surface area contributed by atoms with Crippen molar-refractivity contribution in [2.24, 2.45) is 5.73 Å². The van der Waals surface area contributed by atoms with Crippen LogP contribution in [0.25, 0.3) is 0 Å². The lowest BCUT2D eigenvalue weighted by Crippen LogP contribution is -2.28. The number of piperidine rings is 1. The van der Waals surface area contributed by atoms with Crippen LogP contribution >= 0.6 is 0 Å². The van der Waals surface area contributed by atoms with E-state index in [9.17, 15) is 4.79 Å². The summed E-state index contributed by atoms with van der Waals surface area (Å²) in [6.45, 7) is 1.69. The second-order valence-corrected chi connectivity index (χ2v) is 4.23. The Labute approximate surface area is 95.0 Å². The van der Waals surface area contributed by atoms with Gasteiger partial charge in [0.15, 0.2) is 0 Å². The van der Waals surface area contributed by atoms with Gasteiger partial charge >= 0.3 is 0 Å². The van der Waals surface area contributed by atoms with Crippen molar-refractivity contribution in [1.29, 1.82) is 0 Å². The van der Waals surface area contributed by atoms with Gasteiger partial charge in [-0.15, -0.1) is 0 Å². The number of nitrogens with one attached hydrogen (secondary N) is 1. The molecule has 88 valence electrons. The quantitative estimate of drug-likeness (QED) is 0.782. The molecule has 0 bridgehead atoms. The van der Waals surface area contributed by atoms with Crippen molar-refractivity contribution in [1.82, 2.24) is 14.9 Å². The number of primary amides is 1. The number of aryl methyl sites for hydroxylation is 1. The van der Waals surface area contributed by atoms with Gasteiger partial charge in [0.2, 0.25) is 5.91 Å². The van der Waals surface area contributed by atoms with Gasteiger partial charge in [-0.25, -0.2) is 4.98 Å². The molecular formula is C11H18N4O. The van der Waals surface area contributed by atoms with Crippen LogP contribution in [0, 0.1) is 0 Å². The molecule has 5 nitrogen and oxygen atoms in total. The van der Waals surface area contributed by atoms with Crippen molar-refractivity contribution in [3.8, 4) is 0 Å². The Morgan fingerprint density at radius 3 is 3.19 bits per heavy atom. The monoisotopic (exact) mass is 222 g/mol. The highest BCUT2D eigenvalue weighted by atomic mass is 16.1. The molecule has 16 heavy (non-hydrogen) atoms. The van der Waals surface area contributed by atoms with Crippen LogP contribution in [0.4, 0.5) is 0 Å². The summed E-state index contributed by atoms with van der Waals surface area (Å²) >= 11 is 0. The Hall–Kier alpha value is -1.36. The van der Waals surface area contributed by atoms with E-state index in [-0.39, 0.29) is 5.91 Å². The lowest BCUT2D eigenvalue weighted by Gasteiger charge is -2.24. The number of rotatable bonds is 4. The molecule has 1 amide bonds. The van der Waals surface area contributed by atoms with Gasteiger partial charge < -0.3 is 15.6 Å². The van der Waals surface area contributed by atoms with E-state index < -0.39 is 0 Å². The van der Waals surface area contributed by atoms with E-state index in [2.05, 4.69) is 10.3 Å². The number of hydrogen-bond donors (Lipinski definition) is 2. The van der Waals surface area contributed by atoms with E-state index in [1.54, 1.807) is 6.33 Å². The SMILES string of the molecule is NC(=O)CCn1cncc1C1CCCCN1. The molecule has 1 aliphatic heterocycles. The predicted molar refractivity (Wildman–Crippen MR) is 60.6 cm³/mol. The molecule has 2 rings (SSSR count). The molecule has 1 atom stereocenters. The van der Waals surface area contributed by atoms with Gasteiger partial charge in [0.25, 0.3) is 0 Å². The standard InChI is InChI=1S/C11H18N4O/c12-11(16)4-6-15-8-13-7-10(15)9-3-1-2-5-14-9/h7-9,14H,1-6H2,(H2,12,16). The van der Waals surface area contributed by atoms with Crippen molar-refractivity contribution in [2.45, 2.75) is 38.3 Å². The maximum atomic E-state index is 10.8. The summed E-state index contributed by atoms with van der Waals surface area (Å²) in [7, 11) is 0.